The second-order valence-electron chi connectivity index (χ2n) is 10.0. The van der Waals surface area contributed by atoms with Crippen LogP contribution in [0.3, 0.4) is 0 Å². The number of fused-ring (bicyclic) bond motifs is 1. The number of aromatic nitrogens is 4. The number of nitrogens with zero attached hydrogens (tertiary/aromatic N) is 5. The van der Waals surface area contributed by atoms with Gasteiger partial charge in [-0.1, -0.05) is 19.1 Å². The first-order chi connectivity index (χ1) is 19.8. The van der Waals surface area contributed by atoms with E-state index in [1.165, 1.54) is 18.3 Å². The van der Waals surface area contributed by atoms with Crippen molar-refractivity contribution in [1.29, 1.82) is 5.41 Å². The third-order valence-corrected chi connectivity index (χ3v) is 7.46. The first-order valence-corrected chi connectivity index (χ1v) is 13.3. The lowest BCUT2D eigenvalue weighted by molar-refractivity contribution is 0.0742. The highest BCUT2D eigenvalue weighted by molar-refractivity contribution is 6.12. The van der Waals surface area contributed by atoms with Gasteiger partial charge in [0.1, 0.15) is 17.2 Å². The molecule has 12 heteroatoms. The molecular formula is C29H29FN8O3. The Balaban J connectivity index is 1.15. The lowest BCUT2D eigenvalue weighted by Gasteiger charge is -2.27. The van der Waals surface area contributed by atoms with Gasteiger partial charge in [-0.05, 0) is 41.3 Å². The summed E-state index contributed by atoms with van der Waals surface area (Å²) >= 11 is 0. The van der Waals surface area contributed by atoms with Gasteiger partial charge < -0.3 is 30.4 Å². The summed E-state index contributed by atoms with van der Waals surface area (Å²) in [5.74, 6) is -0.276. The van der Waals surface area contributed by atoms with Crippen molar-refractivity contribution in [3.8, 4) is 16.9 Å². The van der Waals surface area contributed by atoms with E-state index in [0.29, 0.717) is 60.1 Å². The first-order valence-electron chi connectivity index (χ1n) is 13.3. The summed E-state index contributed by atoms with van der Waals surface area (Å²) in [6, 6.07) is 7.88. The van der Waals surface area contributed by atoms with Gasteiger partial charge >= 0.3 is 0 Å². The maximum absolute atomic E-state index is 14.1. The molecular weight excluding hydrogens is 527 g/mol. The molecule has 0 aliphatic carbocycles. The van der Waals surface area contributed by atoms with E-state index in [9.17, 15) is 14.3 Å². The number of ether oxygens (including phenoxy) is 1. The molecule has 0 spiro atoms. The standard InChI is InChI=1S/C29H29FN8O3/c1-2-16-10-25(39)20(30)11-19(16)17-3-4-18(21(31)9-17)27(32)28-35-23-14-38(15-24(23)36-28)29(40)22-12-34-26(13-33-22)37-5-7-41-8-6-37/h3-4,9-13,32,39H,2,5-8,14-15,31H2,1H3,(H,35,36). The third kappa shape index (κ3) is 4.97. The number of amides is 1. The molecule has 1 fully saturated rings. The molecule has 6 rings (SSSR count). The van der Waals surface area contributed by atoms with E-state index in [-0.39, 0.29) is 23.9 Å². The summed E-state index contributed by atoms with van der Waals surface area (Å²) < 4.78 is 19.5. The van der Waals surface area contributed by atoms with Crippen molar-refractivity contribution in [2.45, 2.75) is 26.4 Å². The number of phenols is 1. The molecule has 0 atom stereocenters. The molecule has 0 unspecified atom stereocenters. The number of aryl methyl sites for hydroxylation is 1. The Labute approximate surface area is 235 Å². The molecule has 2 aromatic carbocycles. The van der Waals surface area contributed by atoms with E-state index in [0.717, 1.165) is 30.2 Å². The molecule has 41 heavy (non-hydrogen) atoms. The van der Waals surface area contributed by atoms with Crippen LogP contribution in [0.1, 0.15) is 45.8 Å². The Morgan fingerprint density at radius 3 is 2.66 bits per heavy atom. The predicted octanol–water partition coefficient (Wildman–Crippen LogP) is 3.26. The smallest absolute Gasteiger partial charge is 0.274 e. The van der Waals surface area contributed by atoms with Crippen LogP contribution in [-0.2, 0) is 24.2 Å². The van der Waals surface area contributed by atoms with Crippen molar-refractivity contribution < 1.29 is 19.0 Å². The average Bonchev–Trinajstić information content (AvgIpc) is 3.58. The van der Waals surface area contributed by atoms with Gasteiger partial charge in [-0.15, -0.1) is 0 Å². The van der Waals surface area contributed by atoms with Crippen LogP contribution in [0.2, 0.25) is 0 Å². The van der Waals surface area contributed by atoms with E-state index in [1.54, 1.807) is 29.3 Å². The number of halogens is 1. The SMILES string of the molecule is CCc1cc(O)c(F)cc1-c1ccc(C(=N)c2nc3c([nH]2)CN(C(=O)c2cnc(N4CCOCC4)cn2)C3)c(N)c1. The molecule has 0 bridgehead atoms. The van der Waals surface area contributed by atoms with Gasteiger partial charge in [0, 0.05) is 24.3 Å². The van der Waals surface area contributed by atoms with Crippen LogP contribution in [0, 0.1) is 11.2 Å². The summed E-state index contributed by atoms with van der Waals surface area (Å²) in [5.41, 5.74) is 11.0. The monoisotopic (exact) mass is 556 g/mol. The molecule has 2 aromatic heterocycles. The fourth-order valence-corrected chi connectivity index (χ4v) is 5.20. The molecule has 11 nitrogen and oxygen atoms in total. The number of phenolic OH excluding ortho intramolecular Hbond substituents is 1. The molecule has 0 radical (unpaired) electrons. The van der Waals surface area contributed by atoms with Gasteiger partial charge in [0.15, 0.2) is 17.4 Å². The minimum absolute atomic E-state index is 0.110. The zero-order valence-corrected chi connectivity index (χ0v) is 22.4. The number of morpholine rings is 1. The van der Waals surface area contributed by atoms with Gasteiger partial charge in [-0.3, -0.25) is 10.2 Å². The number of rotatable bonds is 6. The molecule has 5 N–H and O–H groups in total. The van der Waals surface area contributed by atoms with Gasteiger partial charge in [-0.2, -0.15) is 0 Å². The van der Waals surface area contributed by atoms with Crippen molar-refractivity contribution >= 4 is 23.1 Å². The van der Waals surface area contributed by atoms with Crippen molar-refractivity contribution in [3.63, 3.8) is 0 Å². The second kappa shape index (κ2) is 10.6. The van der Waals surface area contributed by atoms with Crippen LogP contribution in [-0.4, -0.2) is 67.9 Å². The van der Waals surface area contributed by atoms with E-state index in [2.05, 4.69) is 24.8 Å². The average molecular weight is 557 g/mol. The molecule has 1 saturated heterocycles. The molecule has 210 valence electrons. The lowest BCUT2D eigenvalue weighted by atomic mass is 9.95. The minimum Gasteiger partial charge on any atom is -0.505 e. The summed E-state index contributed by atoms with van der Waals surface area (Å²) in [4.78, 5) is 33.3. The van der Waals surface area contributed by atoms with Crippen LogP contribution in [0.15, 0.2) is 42.7 Å². The second-order valence-corrected chi connectivity index (χ2v) is 10.0. The number of aromatic amines is 1. The van der Waals surface area contributed by atoms with E-state index >= 15 is 0 Å². The van der Waals surface area contributed by atoms with Crippen LogP contribution in [0.25, 0.3) is 11.1 Å². The quantitative estimate of drug-likeness (QED) is 0.208. The van der Waals surface area contributed by atoms with E-state index < -0.39 is 11.6 Å². The first kappa shape index (κ1) is 26.4. The Bertz CT molecular complexity index is 1620. The molecule has 4 aromatic rings. The van der Waals surface area contributed by atoms with Crippen molar-refractivity contribution in [3.05, 3.63) is 82.6 Å². The number of imidazole rings is 1. The lowest BCUT2D eigenvalue weighted by Crippen LogP contribution is -2.37. The van der Waals surface area contributed by atoms with Crippen molar-refractivity contribution in [2.75, 3.05) is 36.9 Å². The Morgan fingerprint density at radius 1 is 1.17 bits per heavy atom. The van der Waals surface area contributed by atoms with Gasteiger partial charge in [0.2, 0.25) is 0 Å². The number of carbonyl (C=O) groups excluding carboxylic acids is 1. The Kier molecular flexibility index (Phi) is 6.83. The Hall–Kier alpha value is -4.84. The number of carbonyl (C=O) groups is 1. The molecule has 2 aliphatic rings. The highest BCUT2D eigenvalue weighted by Crippen LogP contribution is 2.32. The van der Waals surface area contributed by atoms with Gasteiger partial charge in [0.25, 0.3) is 5.91 Å². The third-order valence-electron chi connectivity index (χ3n) is 7.46. The molecule has 4 heterocycles. The van der Waals surface area contributed by atoms with Crippen LogP contribution in [0.4, 0.5) is 15.9 Å². The van der Waals surface area contributed by atoms with Crippen LogP contribution < -0.4 is 10.6 Å². The molecule has 1 amide bonds. The summed E-state index contributed by atoms with van der Waals surface area (Å²) in [5, 5.41) is 18.5. The van der Waals surface area contributed by atoms with E-state index in [1.807, 2.05) is 6.92 Å². The summed E-state index contributed by atoms with van der Waals surface area (Å²) in [6.07, 6.45) is 3.71. The maximum Gasteiger partial charge on any atom is 0.274 e. The van der Waals surface area contributed by atoms with Gasteiger partial charge in [0.05, 0.1) is 50.1 Å². The Morgan fingerprint density at radius 2 is 1.98 bits per heavy atom. The number of aromatic hydroxyl groups is 1. The number of nitrogens with two attached hydrogens (primary N) is 1. The van der Waals surface area contributed by atoms with E-state index in [4.69, 9.17) is 15.9 Å². The number of H-pyrrole nitrogens is 1. The number of nitrogen functional groups attached to an aromatic ring is 1. The van der Waals surface area contributed by atoms with Crippen LogP contribution in [0.5, 0.6) is 5.75 Å². The number of anilines is 2. The number of hydrogen-bond donors (Lipinski definition) is 4. The fourth-order valence-electron chi connectivity index (χ4n) is 5.20. The van der Waals surface area contributed by atoms with Crippen molar-refractivity contribution in [1.82, 2.24) is 24.8 Å². The maximum atomic E-state index is 14.1. The number of benzene rings is 2. The van der Waals surface area contributed by atoms with Gasteiger partial charge in [-0.25, -0.2) is 19.3 Å². The summed E-state index contributed by atoms with van der Waals surface area (Å²) in [6.45, 7) is 5.26. The molecule has 2 aliphatic heterocycles. The number of nitrogens with one attached hydrogen (secondary N) is 2. The normalized spacial score (nSPS) is 14.8. The zero-order chi connectivity index (χ0) is 28.7. The highest BCUT2D eigenvalue weighted by atomic mass is 19.1. The summed E-state index contributed by atoms with van der Waals surface area (Å²) in [7, 11) is 0. The van der Waals surface area contributed by atoms with Crippen molar-refractivity contribution in [2.24, 2.45) is 0 Å². The minimum atomic E-state index is -0.706. The zero-order valence-electron chi connectivity index (χ0n) is 22.4. The largest absolute Gasteiger partial charge is 0.505 e. The number of hydrogen-bond acceptors (Lipinski definition) is 9. The molecule has 0 saturated carbocycles. The topological polar surface area (TPSA) is 157 Å². The highest BCUT2D eigenvalue weighted by Gasteiger charge is 2.30. The predicted molar refractivity (Wildman–Crippen MR) is 150 cm³/mol. The fraction of sp³-hybridized carbons (Fsp3) is 0.276. The van der Waals surface area contributed by atoms with Crippen LogP contribution >= 0.6 is 0 Å².